The van der Waals surface area contributed by atoms with Gasteiger partial charge in [-0.05, 0) is 43.7 Å². The van der Waals surface area contributed by atoms with Crippen molar-refractivity contribution in [2.24, 2.45) is 5.92 Å². The van der Waals surface area contributed by atoms with Crippen LogP contribution in [0.4, 0.5) is 0 Å². The van der Waals surface area contributed by atoms with Gasteiger partial charge in [-0.1, -0.05) is 19.9 Å². The number of nitrogens with zero attached hydrogens (tertiary/aromatic N) is 5. The molecule has 8 heteroatoms. The second-order valence-corrected chi connectivity index (χ2v) is 8.66. The Morgan fingerprint density at radius 2 is 2.17 bits per heavy atom. The molecule has 3 aromatic heterocycles. The highest BCUT2D eigenvalue weighted by atomic mass is 16.2. The van der Waals surface area contributed by atoms with E-state index in [1.165, 1.54) is 0 Å². The fourth-order valence-electron chi connectivity index (χ4n) is 4.07. The number of pyridine rings is 1. The summed E-state index contributed by atoms with van der Waals surface area (Å²) in [7, 11) is 0. The largest absolute Gasteiger partial charge is 0.353 e. The predicted molar refractivity (Wildman–Crippen MR) is 114 cm³/mol. The summed E-state index contributed by atoms with van der Waals surface area (Å²) in [6.07, 6.45) is 7.16. The van der Waals surface area contributed by atoms with E-state index in [2.05, 4.69) is 29.2 Å². The SMILES string of the molecule is Cc1cccn2c(CC(=O)NC3CCc4nn(CCC(C)C)c(=O)n4CC3)cnc12. The lowest BCUT2D eigenvalue weighted by atomic mass is 10.1. The molecule has 0 fully saturated rings. The molecule has 1 aliphatic heterocycles. The second-order valence-electron chi connectivity index (χ2n) is 8.66. The highest BCUT2D eigenvalue weighted by Crippen LogP contribution is 2.14. The zero-order chi connectivity index (χ0) is 21.3. The van der Waals surface area contributed by atoms with Crippen molar-refractivity contribution < 1.29 is 4.79 Å². The molecule has 0 aliphatic carbocycles. The van der Waals surface area contributed by atoms with Gasteiger partial charge in [-0.3, -0.25) is 9.36 Å². The summed E-state index contributed by atoms with van der Waals surface area (Å²) in [6, 6.07) is 4.02. The molecule has 1 aliphatic rings. The van der Waals surface area contributed by atoms with E-state index in [1.54, 1.807) is 15.4 Å². The molecule has 8 nitrogen and oxygen atoms in total. The van der Waals surface area contributed by atoms with Gasteiger partial charge in [0.1, 0.15) is 11.5 Å². The first-order valence-electron chi connectivity index (χ1n) is 10.8. The Morgan fingerprint density at radius 1 is 1.33 bits per heavy atom. The summed E-state index contributed by atoms with van der Waals surface area (Å²) in [6.45, 7) is 7.56. The van der Waals surface area contributed by atoms with Crippen molar-refractivity contribution in [3.63, 3.8) is 0 Å². The average Bonchev–Trinajstić information content (AvgIpc) is 3.17. The van der Waals surface area contributed by atoms with Gasteiger partial charge in [-0.15, -0.1) is 0 Å². The van der Waals surface area contributed by atoms with Crippen LogP contribution in [0.3, 0.4) is 0 Å². The van der Waals surface area contributed by atoms with Gasteiger partial charge in [0.05, 0.1) is 12.1 Å². The molecule has 0 bridgehead atoms. The lowest BCUT2D eigenvalue weighted by Gasteiger charge is -2.16. The van der Waals surface area contributed by atoms with Crippen LogP contribution >= 0.6 is 0 Å². The Kier molecular flexibility index (Phi) is 5.74. The van der Waals surface area contributed by atoms with Crippen LogP contribution in [0.5, 0.6) is 0 Å². The maximum atomic E-state index is 12.7. The summed E-state index contributed by atoms with van der Waals surface area (Å²) in [5.41, 5.74) is 2.81. The van der Waals surface area contributed by atoms with Gasteiger partial charge < -0.3 is 9.72 Å². The van der Waals surface area contributed by atoms with Crippen molar-refractivity contribution in [2.75, 3.05) is 0 Å². The number of aromatic nitrogens is 5. The molecular weight excluding hydrogens is 380 g/mol. The molecule has 160 valence electrons. The molecule has 0 aromatic carbocycles. The van der Waals surface area contributed by atoms with Gasteiger partial charge in [0.2, 0.25) is 5.91 Å². The third-order valence-corrected chi connectivity index (χ3v) is 5.85. The van der Waals surface area contributed by atoms with E-state index in [4.69, 9.17) is 0 Å². The van der Waals surface area contributed by atoms with Crippen LogP contribution in [-0.2, 0) is 30.7 Å². The standard InChI is InChI=1S/C22H30N6O2/c1-15(2)8-12-28-22(30)27-11-9-17(6-7-19(27)25-28)24-20(29)13-18-14-23-21-16(3)5-4-10-26(18)21/h4-5,10,14-15,17H,6-9,11-13H2,1-3H3,(H,24,29). The molecule has 1 N–H and O–H groups in total. The maximum Gasteiger partial charge on any atom is 0.345 e. The zero-order valence-electron chi connectivity index (χ0n) is 18.0. The van der Waals surface area contributed by atoms with Gasteiger partial charge in [0.15, 0.2) is 0 Å². The van der Waals surface area contributed by atoms with Gasteiger partial charge in [0, 0.05) is 37.9 Å². The third kappa shape index (κ3) is 4.17. The quantitative estimate of drug-likeness (QED) is 0.674. The van der Waals surface area contributed by atoms with E-state index in [0.29, 0.717) is 25.4 Å². The Balaban J connectivity index is 1.37. The van der Waals surface area contributed by atoms with E-state index in [-0.39, 0.29) is 24.1 Å². The molecule has 4 rings (SSSR count). The Labute approximate surface area is 175 Å². The second kappa shape index (κ2) is 8.45. The van der Waals surface area contributed by atoms with E-state index in [1.807, 2.05) is 29.7 Å². The number of aryl methyl sites for hydroxylation is 3. The van der Waals surface area contributed by atoms with Crippen molar-refractivity contribution >= 4 is 11.6 Å². The monoisotopic (exact) mass is 410 g/mol. The average molecular weight is 411 g/mol. The number of carbonyl (C=O) groups is 1. The first-order valence-corrected chi connectivity index (χ1v) is 10.8. The van der Waals surface area contributed by atoms with Gasteiger partial charge in [-0.25, -0.2) is 14.5 Å². The molecule has 1 atom stereocenters. The minimum atomic E-state index is -0.0290. The molecule has 4 heterocycles. The molecule has 0 radical (unpaired) electrons. The number of carbonyl (C=O) groups excluding carboxylic acids is 1. The number of nitrogens with one attached hydrogen (secondary N) is 1. The lowest BCUT2D eigenvalue weighted by molar-refractivity contribution is -0.121. The number of hydrogen-bond donors (Lipinski definition) is 1. The number of hydrogen-bond acceptors (Lipinski definition) is 4. The van der Waals surface area contributed by atoms with Crippen LogP contribution in [0.1, 0.15) is 50.2 Å². The van der Waals surface area contributed by atoms with Crippen LogP contribution in [0.15, 0.2) is 29.3 Å². The summed E-state index contributed by atoms with van der Waals surface area (Å²) in [4.78, 5) is 29.7. The Morgan fingerprint density at radius 3 is 2.97 bits per heavy atom. The molecule has 1 unspecified atom stereocenters. The molecule has 1 amide bonds. The molecule has 30 heavy (non-hydrogen) atoms. The van der Waals surface area contributed by atoms with E-state index < -0.39 is 0 Å². The van der Waals surface area contributed by atoms with Crippen LogP contribution in [0, 0.1) is 12.8 Å². The van der Waals surface area contributed by atoms with Gasteiger partial charge >= 0.3 is 5.69 Å². The summed E-state index contributed by atoms with van der Waals surface area (Å²) in [5.74, 6) is 1.35. The van der Waals surface area contributed by atoms with Crippen molar-refractivity contribution in [3.8, 4) is 0 Å². The van der Waals surface area contributed by atoms with Crippen LogP contribution in [0.25, 0.3) is 5.65 Å². The van der Waals surface area contributed by atoms with Crippen molar-refractivity contribution in [2.45, 2.75) is 72.0 Å². The number of amides is 1. The first-order chi connectivity index (χ1) is 14.4. The number of fused-ring (bicyclic) bond motifs is 2. The molecular formula is C22H30N6O2. The van der Waals surface area contributed by atoms with E-state index >= 15 is 0 Å². The molecule has 0 saturated heterocycles. The third-order valence-electron chi connectivity index (χ3n) is 5.85. The highest BCUT2D eigenvalue weighted by molar-refractivity contribution is 5.78. The molecule has 0 saturated carbocycles. The first kappa shape index (κ1) is 20.4. The van der Waals surface area contributed by atoms with Gasteiger partial charge in [0.25, 0.3) is 0 Å². The fraction of sp³-hybridized carbons (Fsp3) is 0.545. The summed E-state index contributed by atoms with van der Waals surface area (Å²) < 4.78 is 5.35. The number of rotatable bonds is 6. The number of imidazole rings is 1. The minimum Gasteiger partial charge on any atom is -0.353 e. The van der Waals surface area contributed by atoms with E-state index in [9.17, 15) is 9.59 Å². The van der Waals surface area contributed by atoms with Crippen molar-refractivity contribution in [3.05, 3.63) is 52.1 Å². The normalized spacial score (nSPS) is 16.6. The Hall–Kier alpha value is -2.90. The lowest BCUT2D eigenvalue weighted by Crippen LogP contribution is -2.37. The molecule has 0 spiro atoms. The minimum absolute atomic E-state index is 0.0165. The van der Waals surface area contributed by atoms with Crippen LogP contribution in [-0.4, -0.2) is 35.7 Å². The van der Waals surface area contributed by atoms with E-state index in [0.717, 1.165) is 42.0 Å². The fourth-order valence-corrected chi connectivity index (χ4v) is 4.07. The molecule has 3 aromatic rings. The highest BCUT2D eigenvalue weighted by Gasteiger charge is 2.22. The van der Waals surface area contributed by atoms with Gasteiger partial charge in [-0.2, -0.15) is 5.10 Å². The Bertz CT molecular complexity index is 1110. The van der Waals surface area contributed by atoms with Crippen LogP contribution < -0.4 is 11.0 Å². The topological polar surface area (TPSA) is 86.2 Å². The smallest absolute Gasteiger partial charge is 0.345 e. The zero-order valence-corrected chi connectivity index (χ0v) is 18.0. The predicted octanol–water partition coefficient (Wildman–Crippen LogP) is 2.11. The van der Waals surface area contributed by atoms with Crippen molar-refractivity contribution in [1.29, 1.82) is 0 Å². The van der Waals surface area contributed by atoms with Crippen LogP contribution in [0.2, 0.25) is 0 Å². The van der Waals surface area contributed by atoms with Crippen molar-refractivity contribution in [1.82, 2.24) is 29.0 Å². The summed E-state index contributed by atoms with van der Waals surface area (Å²) in [5, 5.41) is 7.69. The maximum absolute atomic E-state index is 12.7. The summed E-state index contributed by atoms with van der Waals surface area (Å²) >= 11 is 0.